The van der Waals surface area contributed by atoms with Crippen molar-refractivity contribution in [2.24, 2.45) is 0 Å². The average molecular weight is 288 g/mol. The van der Waals surface area contributed by atoms with Crippen molar-refractivity contribution in [3.63, 3.8) is 0 Å². The second kappa shape index (κ2) is 6.78. The van der Waals surface area contributed by atoms with Crippen LogP contribution >= 0.6 is 23.4 Å². The third kappa shape index (κ3) is 3.39. The first kappa shape index (κ1) is 14.2. The maximum Gasteiger partial charge on any atom is 0.169 e. The Balaban J connectivity index is 2.05. The number of thioether (sulfide) groups is 1. The number of hydrogen-bond donors (Lipinski definition) is 1. The topological polar surface area (TPSA) is 30.5 Å². The summed E-state index contributed by atoms with van der Waals surface area (Å²) in [4.78, 5) is 1.31. The van der Waals surface area contributed by atoms with E-state index in [1.165, 1.54) is 10.5 Å². The molecule has 0 saturated carbocycles. The van der Waals surface area contributed by atoms with E-state index in [4.69, 9.17) is 21.1 Å². The predicted molar refractivity (Wildman–Crippen MR) is 75.3 cm³/mol. The highest BCUT2D eigenvalue weighted by molar-refractivity contribution is 7.99. The van der Waals surface area contributed by atoms with Crippen LogP contribution in [-0.2, 0) is 9.47 Å². The van der Waals surface area contributed by atoms with Gasteiger partial charge >= 0.3 is 0 Å². The second-order valence-corrected chi connectivity index (χ2v) is 5.75. The molecule has 1 aromatic rings. The van der Waals surface area contributed by atoms with E-state index in [0.717, 1.165) is 17.2 Å². The van der Waals surface area contributed by atoms with Gasteiger partial charge in [0.05, 0.1) is 0 Å². The summed E-state index contributed by atoms with van der Waals surface area (Å²) in [6, 6.07) is 6.42. The zero-order valence-electron chi connectivity index (χ0n) is 10.6. The Morgan fingerprint density at radius 3 is 2.94 bits per heavy atom. The molecule has 0 radical (unpaired) electrons. The van der Waals surface area contributed by atoms with Gasteiger partial charge in [0.1, 0.15) is 0 Å². The average Bonchev–Trinajstić information content (AvgIpc) is 2.40. The zero-order chi connectivity index (χ0) is 13.0. The molecule has 1 aromatic carbocycles. The maximum atomic E-state index is 6.07. The third-order valence-corrected chi connectivity index (χ3v) is 4.43. The van der Waals surface area contributed by atoms with E-state index in [1.807, 2.05) is 17.8 Å². The van der Waals surface area contributed by atoms with Crippen LogP contribution in [0.15, 0.2) is 23.1 Å². The van der Waals surface area contributed by atoms with Gasteiger partial charge in [-0.2, -0.15) is 0 Å². The van der Waals surface area contributed by atoms with Gasteiger partial charge in [0, 0.05) is 36.7 Å². The molecule has 1 heterocycles. The molecule has 0 saturated heterocycles. The molecule has 100 valence electrons. The molecule has 18 heavy (non-hydrogen) atoms. The number of nitrogens with one attached hydrogen (secondary N) is 1. The highest BCUT2D eigenvalue weighted by Crippen LogP contribution is 2.37. The van der Waals surface area contributed by atoms with E-state index in [9.17, 15) is 0 Å². The van der Waals surface area contributed by atoms with Crippen molar-refractivity contribution >= 4 is 23.4 Å². The summed E-state index contributed by atoms with van der Waals surface area (Å²) in [5, 5.41) is 4.27. The fraction of sp³-hybridized carbons (Fsp3) is 0.538. The summed E-state index contributed by atoms with van der Waals surface area (Å²) in [7, 11) is 3.30. The summed E-state index contributed by atoms with van der Waals surface area (Å²) in [5.41, 5.74) is 1.28. The molecule has 2 rings (SSSR count). The van der Waals surface area contributed by atoms with Crippen molar-refractivity contribution in [3.05, 3.63) is 28.8 Å². The summed E-state index contributed by atoms with van der Waals surface area (Å²) in [6.45, 7) is 0.675. The molecule has 0 amide bonds. The van der Waals surface area contributed by atoms with Crippen molar-refractivity contribution in [1.29, 1.82) is 0 Å². The third-order valence-electron chi connectivity index (χ3n) is 3.07. The lowest BCUT2D eigenvalue weighted by Gasteiger charge is -2.27. The lowest BCUT2D eigenvalue weighted by Crippen LogP contribution is -2.34. The van der Waals surface area contributed by atoms with Crippen LogP contribution in [0.4, 0.5) is 0 Å². The van der Waals surface area contributed by atoms with Crippen LogP contribution in [0.3, 0.4) is 0 Å². The molecular formula is C13H18ClNO2S. The van der Waals surface area contributed by atoms with Gasteiger partial charge in [-0.1, -0.05) is 11.6 Å². The van der Waals surface area contributed by atoms with Crippen molar-refractivity contribution in [2.45, 2.75) is 23.6 Å². The standard InChI is InChI=1S/C13H18ClNO2S/c1-16-13(17-2)8-15-11-5-6-18-12-4-3-9(14)7-10(11)12/h3-4,7,11,13,15H,5-6,8H2,1-2H3. The predicted octanol–water partition coefficient (Wildman–Crippen LogP) is 3.09. The van der Waals surface area contributed by atoms with Crippen LogP contribution in [0.2, 0.25) is 5.02 Å². The number of rotatable bonds is 5. The molecule has 0 bridgehead atoms. The van der Waals surface area contributed by atoms with Crippen LogP contribution in [0, 0.1) is 0 Å². The Hall–Kier alpha value is -0.260. The molecule has 0 fully saturated rings. The Labute approximate surface area is 117 Å². The monoisotopic (exact) mass is 287 g/mol. The van der Waals surface area contributed by atoms with Gasteiger partial charge in [0.15, 0.2) is 6.29 Å². The molecule has 0 spiro atoms. The highest BCUT2D eigenvalue weighted by Gasteiger charge is 2.21. The van der Waals surface area contributed by atoms with Crippen molar-refractivity contribution in [2.75, 3.05) is 26.5 Å². The van der Waals surface area contributed by atoms with Crippen molar-refractivity contribution in [3.8, 4) is 0 Å². The first-order chi connectivity index (χ1) is 8.74. The number of methoxy groups -OCH3 is 2. The lowest BCUT2D eigenvalue weighted by atomic mass is 10.0. The van der Waals surface area contributed by atoms with E-state index in [0.29, 0.717) is 12.6 Å². The first-order valence-electron chi connectivity index (χ1n) is 5.96. The number of halogens is 1. The normalized spacial score (nSPS) is 19.0. The van der Waals surface area contributed by atoms with Gasteiger partial charge in [0.2, 0.25) is 0 Å². The largest absolute Gasteiger partial charge is 0.355 e. The molecule has 1 unspecified atom stereocenters. The highest BCUT2D eigenvalue weighted by atomic mass is 35.5. The van der Waals surface area contributed by atoms with E-state index in [2.05, 4.69) is 17.4 Å². The van der Waals surface area contributed by atoms with Gasteiger partial charge in [-0.15, -0.1) is 11.8 Å². The molecule has 1 atom stereocenters. The Bertz CT molecular complexity index is 399. The molecule has 5 heteroatoms. The van der Waals surface area contributed by atoms with Crippen molar-refractivity contribution < 1.29 is 9.47 Å². The van der Waals surface area contributed by atoms with Gasteiger partial charge in [-0.25, -0.2) is 0 Å². The minimum absolute atomic E-state index is 0.206. The molecule has 1 aliphatic heterocycles. The number of ether oxygens (including phenoxy) is 2. The van der Waals surface area contributed by atoms with E-state index < -0.39 is 0 Å². The van der Waals surface area contributed by atoms with Gasteiger partial charge in [0.25, 0.3) is 0 Å². The van der Waals surface area contributed by atoms with Crippen LogP contribution < -0.4 is 5.32 Å². The lowest BCUT2D eigenvalue weighted by molar-refractivity contribution is -0.1000. The quantitative estimate of drug-likeness (QED) is 0.843. The van der Waals surface area contributed by atoms with Crippen LogP contribution in [-0.4, -0.2) is 32.8 Å². The van der Waals surface area contributed by atoms with Gasteiger partial charge in [-0.05, 0) is 35.9 Å². The fourth-order valence-electron chi connectivity index (χ4n) is 2.08. The SMILES string of the molecule is COC(CNC1CCSc2ccc(Cl)cc21)OC. The molecule has 0 aliphatic carbocycles. The minimum Gasteiger partial charge on any atom is -0.355 e. The number of fused-ring (bicyclic) bond motifs is 1. The summed E-state index contributed by atoms with van der Waals surface area (Å²) in [6.07, 6.45) is 0.889. The van der Waals surface area contributed by atoms with Crippen LogP contribution in [0.25, 0.3) is 0 Å². The summed E-state index contributed by atoms with van der Waals surface area (Å²) < 4.78 is 10.4. The van der Waals surface area contributed by atoms with Crippen LogP contribution in [0.1, 0.15) is 18.0 Å². The fourth-order valence-corrected chi connectivity index (χ4v) is 3.36. The summed E-state index contributed by atoms with van der Waals surface area (Å²) >= 11 is 7.96. The van der Waals surface area contributed by atoms with Gasteiger partial charge < -0.3 is 14.8 Å². The van der Waals surface area contributed by atoms with Crippen molar-refractivity contribution in [1.82, 2.24) is 5.32 Å². The van der Waals surface area contributed by atoms with E-state index in [-0.39, 0.29) is 6.29 Å². The van der Waals surface area contributed by atoms with Gasteiger partial charge in [-0.3, -0.25) is 0 Å². The Morgan fingerprint density at radius 1 is 1.44 bits per heavy atom. The summed E-state index contributed by atoms with van der Waals surface area (Å²) in [5.74, 6) is 1.12. The smallest absolute Gasteiger partial charge is 0.169 e. The first-order valence-corrected chi connectivity index (χ1v) is 7.32. The molecule has 1 aliphatic rings. The Kier molecular flexibility index (Phi) is 5.33. The molecular weight excluding hydrogens is 270 g/mol. The minimum atomic E-state index is -0.206. The number of hydrogen-bond acceptors (Lipinski definition) is 4. The van der Waals surface area contributed by atoms with Crippen LogP contribution in [0.5, 0.6) is 0 Å². The molecule has 1 N–H and O–H groups in total. The Morgan fingerprint density at radius 2 is 2.22 bits per heavy atom. The van der Waals surface area contributed by atoms with E-state index >= 15 is 0 Å². The second-order valence-electron chi connectivity index (χ2n) is 4.18. The zero-order valence-corrected chi connectivity index (χ0v) is 12.2. The molecule has 3 nitrogen and oxygen atoms in total. The van der Waals surface area contributed by atoms with E-state index in [1.54, 1.807) is 14.2 Å². The number of benzene rings is 1. The maximum absolute atomic E-state index is 6.07. The molecule has 0 aromatic heterocycles.